The number of ether oxygens (including phenoxy) is 1. The molecular formula is C22H34ClN3O2. The Labute approximate surface area is 174 Å². The molecule has 5 nitrogen and oxygen atoms in total. The highest BCUT2D eigenvalue weighted by Crippen LogP contribution is 2.36. The molecule has 0 aliphatic carbocycles. The molecule has 0 radical (unpaired) electrons. The van der Waals surface area contributed by atoms with Crippen LogP contribution in [0.15, 0.2) is 18.2 Å². The Hall–Kier alpha value is -1.30. The minimum absolute atomic E-state index is 0.185. The molecule has 1 unspecified atom stereocenters. The van der Waals surface area contributed by atoms with Gasteiger partial charge in [0.05, 0.1) is 6.54 Å². The molecule has 0 spiro atoms. The summed E-state index contributed by atoms with van der Waals surface area (Å²) in [6, 6.07) is 6.06. The molecule has 156 valence electrons. The van der Waals surface area contributed by atoms with Crippen molar-refractivity contribution in [1.82, 2.24) is 15.1 Å². The van der Waals surface area contributed by atoms with Gasteiger partial charge < -0.3 is 15.0 Å². The van der Waals surface area contributed by atoms with Crippen molar-refractivity contribution in [2.24, 2.45) is 0 Å². The van der Waals surface area contributed by atoms with E-state index in [-0.39, 0.29) is 12.0 Å². The fourth-order valence-electron chi connectivity index (χ4n) is 4.33. The quantitative estimate of drug-likeness (QED) is 0.716. The topological polar surface area (TPSA) is 44.8 Å². The number of amides is 1. The molecule has 1 aromatic carbocycles. The van der Waals surface area contributed by atoms with Gasteiger partial charge in [0.25, 0.3) is 0 Å². The Bertz CT molecular complexity index is 641. The number of rotatable bonds is 8. The van der Waals surface area contributed by atoms with Crippen LogP contribution in [0.3, 0.4) is 0 Å². The lowest BCUT2D eigenvalue weighted by atomic mass is 9.88. The number of nitrogens with one attached hydrogen (secondary N) is 1. The van der Waals surface area contributed by atoms with E-state index in [2.05, 4.69) is 23.2 Å². The normalized spacial score (nSPS) is 19.8. The number of nitrogens with zero attached hydrogens (tertiary/aromatic N) is 2. The Morgan fingerprint density at radius 1 is 1.25 bits per heavy atom. The van der Waals surface area contributed by atoms with E-state index in [1.54, 1.807) is 0 Å². The summed E-state index contributed by atoms with van der Waals surface area (Å²) < 4.78 is 6.49. The second-order valence-electron chi connectivity index (χ2n) is 8.02. The van der Waals surface area contributed by atoms with Crippen molar-refractivity contribution in [2.45, 2.75) is 51.0 Å². The monoisotopic (exact) mass is 407 g/mol. The molecule has 1 aromatic rings. The molecule has 6 heteroatoms. The predicted octanol–water partition coefficient (Wildman–Crippen LogP) is 3.52. The predicted molar refractivity (Wildman–Crippen MR) is 114 cm³/mol. The molecule has 3 rings (SSSR count). The molecule has 0 bridgehead atoms. The Kier molecular flexibility index (Phi) is 8.00. The number of hydrogen-bond acceptors (Lipinski definition) is 4. The van der Waals surface area contributed by atoms with Gasteiger partial charge >= 0.3 is 0 Å². The van der Waals surface area contributed by atoms with E-state index in [1.807, 2.05) is 24.1 Å². The number of carbonyl (C=O) groups is 1. The highest BCUT2D eigenvalue weighted by atomic mass is 35.5. The highest BCUT2D eigenvalue weighted by molar-refractivity contribution is 6.30. The van der Waals surface area contributed by atoms with Gasteiger partial charge in [0.15, 0.2) is 0 Å². The summed E-state index contributed by atoms with van der Waals surface area (Å²) >= 11 is 6.30. The third-order valence-electron chi connectivity index (χ3n) is 6.00. The van der Waals surface area contributed by atoms with E-state index in [4.69, 9.17) is 16.3 Å². The third-order valence-corrected chi connectivity index (χ3v) is 6.24. The minimum atomic E-state index is 0.185. The molecule has 1 N–H and O–H groups in total. The van der Waals surface area contributed by atoms with E-state index < -0.39 is 0 Å². The van der Waals surface area contributed by atoms with Crippen LogP contribution in [0.1, 0.15) is 50.5 Å². The van der Waals surface area contributed by atoms with Gasteiger partial charge in [-0.3, -0.25) is 9.69 Å². The first kappa shape index (κ1) is 21.4. The maximum atomic E-state index is 12.1. The van der Waals surface area contributed by atoms with Crippen LogP contribution in [0, 0.1) is 0 Å². The van der Waals surface area contributed by atoms with Gasteiger partial charge in [-0.05, 0) is 75.9 Å². The van der Waals surface area contributed by atoms with E-state index in [0.717, 1.165) is 49.7 Å². The van der Waals surface area contributed by atoms with Gasteiger partial charge in [-0.25, -0.2) is 0 Å². The van der Waals surface area contributed by atoms with Crippen LogP contribution in [-0.4, -0.2) is 68.1 Å². The van der Waals surface area contributed by atoms with Gasteiger partial charge in [-0.2, -0.15) is 0 Å². The van der Waals surface area contributed by atoms with Crippen molar-refractivity contribution in [2.75, 3.05) is 46.3 Å². The number of likely N-dealkylation sites (tertiary alicyclic amines) is 2. The van der Waals surface area contributed by atoms with Crippen LogP contribution in [0.4, 0.5) is 0 Å². The molecular weight excluding hydrogens is 374 g/mol. The second kappa shape index (κ2) is 10.5. The summed E-state index contributed by atoms with van der Waals surface area (Å²) in [6.07, 6.45) is 5.70. The lowest BCUT2D eigenvalue weighted by Gasteiger charge is -2.33. The lowest BCUT2D eigenvalue weighted by Crippen LogP contribution is -2.42. The lowest BCUT2D eigenvalue weighted by molar-refractivity contribution is -0.131. The largest absolute Gasteiger partial charge is 0.489 e. The molecule has 2 aliphatic heterocycles. The molecule has 0 saturated carbocycles. The van der Waals surface area contributed by atoms with Crippen LogP contribution in [0.5, 0.6) is 5.75 Å². The zero-order valence-corrected chi connectivity index (χ0v) is 18.0. The van der Waals surface area contributed by atoms with E-state index in [1.165, 1.54) is 31.5 Å². The zero-order valence-electron chi connectivity index (χ0n) is 17.3. The molecule has 1 amide bonds. The summed E-state index contributed by atoms with van der Waals surface area (Å²) in [7, 11) is 1.81. The van der Waals surface area contributed by atoms with Crippen LogP contribution in [0.25, 0.3) is 0 Å². The number of piperidine rings is 1. The van der Waals surface area contributed by atoms with E-state index >= 15 is 0 Å². The standard InChI is InChI=1S/C22H34ClN3O2/c1-3-19(16-25-10-4-5-11-25)28-21-14-18(23)6-7-20(21)17-8-12-26(13-9-17)22(27)15-24-2/h6-7,14,17,19,24H,3-5,8-13,15-16H2,1-2H3. The molecule has 2 fully saturated rings. The average molecular weight is 408 g/mol. The van der Waals surface area contributed by atoms with Gasteiger partial charge in [-0.1, -0.05) is 24.6 Å². The van der Waals surface area contributed by atoms with Gasteiger partial charge in [0.2, 0.25) is 5.91 Å². The minimum Gasteiger partial charge on any atom is -0.489 e. The van der Waals surface area contributed by atoms with E-state index in [9.17, 15) is 4.79 Å². The number of carbonyl (C=O) groups excluding carboxylic acids is 1. The van der Waals surface area contributed by atoms with E-state index in [0.29, 0.717) is 12.5 Å². The van der Waals surface area contributed by atoms with Crippen molar-refractivity contribution < 1.29 is 9.53 Å². The van der Waals surface area contributed by atoms with Gasteiger partial charge in [0.1, 0.15) is 11.9 Å². The number of likely N-dealkylation sites (N-methyl/N-ethyl adjacent to an activating group) is 1. The first-order valence-electron chi connectivity index (χ1n) is 10.7. The Balaban J connectivity index is 1.66. The zero-order chi connectivity index (χ0) is 19.9. The molecule has 2 heterocycles. The fourth-order valence-corrected chi connectivity index (χ4v) is 4.49. The SMILES string of the molecule is CCC(CN1CCCC1)Oc1cc(Cl)ccc1C1CCN(C(=O)CNC)CC1. The maximum absolute atomic E-state index is 12.1. The number of benzene rings is 1. The summed E-state index contributed by atoms with van der Waals surface area (Å²) in [5.74, 6) is 1.53. The molecule has 28 heavy (non-hydrogen) atoms. The summed E-state index contributed by atoms with van der Waals surface area (Å²) in [6.45, 7) is 7.56. The Morgan fingerprint density at radius 2 is 1.96 bits per heavy atom. The molecule has 1 atom stereocenters. The fraction of sp³-hybridized carbons (Fsp3) is 0.682. The highest BCUT2D eigenvalue weighted by Gasteiger charge is 2.26. The summed E-state index contributed by atoms with van der Waals surface area (Å²) in [5, 5.41) is 3.67. The van der Waals surface area contributed by atoms with Crippen LogP contribution < -0.4 is 10.1 Å². The average Bonchev–Trinajstić information content (AvgIpc) is 3.21. The van der Waals surface area contributed by atoms with Crippen molar-refractivity contribution in [1.29, 1.82) is 0 Å². The maximum Gasteiger partial charge on any atom is 0.236 e. The smallest absolute Gasteiger partial charge is 0.236 e. The summed E-state index contributed by atoms with van der Waals surface area (Å²) in [5.41, 5.74) is 1.24. The molecule has 0 aromatic heterocycles. The summed E-state index contributed by atoms with van der Waals surface area (Å²) in [4.78, 5) is 16.6. The Morgan fingerprint density at radius 3 is 2.61 bits per heavy atom. The van der Waals surface area contributed by atoms with Gasteiger partial charge in [0, 0.05) is 24.7 Å². The van der Waals surface area contributed by atoms with Crippen molar-refractivity contribution in [3.63, 3.8) is 0 Å². The number of hydrogen-bond donors (Lipinski definition) is 1. The van der Waals surface area contributed by atoms with Gasteiger partial charge in [-0.15, -0.1) is 0 Å². The van der Waals surface area contributed by atoms with Crippen LogP contribution >= 0.6 is 11.6 Å². The number of halogens is 1. The second-order valence-corrected chi connectivity index (χ2v) is 8.46. The first-order valence-corrected chi connectivity index (χ1v) is 11.1. The van der Waals surface area contributed by atoms with Crippen molar-refractivity contribution in [3.05, 3.63) is 28.8 Å². The van der Waals surface area contributed by atoms with Crippen LogP contribution in [0.2, 0.25) is 5.02 Å². The molecule has 2 aliphatic rings. The van der Waals surface area contributed by atoms with Crippen molar-refractivity contribution in [3.8, 4) is 5.75 Å². The van der Waals surface area contributed by atoms with Crippen molar-refractivity contribution >= 4 is 17.5 Å². The first-order chi connectivity index (χ1) is 13.6. The third kappa shape index (κ3) is 5.62. The molecule has 2 saturated heterocycles. The van der Waals surface area contributed by atoms with Crippen LogP contribution in [-0.2, 0) is 4.79 Å².